The Morgan fingerprint density at radius 1 is 1.14 bits per heavy atom. The largest absolute Gasteiger partial charge is 0.444 e. The third-order valence-electron chi connectivity index (χ3n) is 6.13. The van der Waals surface area contributed by atoms with Gasteiger partial charge in [0, 0.05) is 7.05 Å². The maximum absolute atomic E-state index is 13.1. The summed E-state index contributed by atoms with van der Waals surface area (Å²) >= 11 is 0. The van der Waals surface area contributed by atoms with E-state index < -0.39 is 32.3 Å². The average Bonchev–Trinajstić information content (AvgIpc) is 2.61. The van der Waals surface area contributed by atoms with Crippen molar-refractivity contribution < 1.29 is 27.1 Å². The molecule has 1 N–H and O–H groups in total. The molecule has 1 amide bonds. The van der Waals surface area contributed by atoms with Crippen LogP contribution in [0, 0.1) is 0 Å². The van der Waals surface area contributed by atoms with E-state index in [2.05, 4.69) is 39.2 Å². The van der Waals surface area contributed by atoms with Crippen LogP contribution in [-0.4, -0.2) is 33.7 Å². The highest BCUT2D eigenvalue weighted by Crippen LogP contribution is 2.42. The molecule has 8 heteroatoms. The van der Waals surface area contributed by atoms with Crippen molar-refractivity contribution in [3.63, 3.8) is 0 Å². The quantitative estimate of drug-likeness (QED) is 0.587. The molecule has 0 saturated heterocycles. The molecule has 0 unspecified atom stereocenters. The number of amides is 1. The Balaban J connectivity index is 2.23. The van der Waals surface area contributed by atoms with Gasteiger partial charge in [-0.3, -0.25) is 0 Å². The molecule has 0 radical (unpaired) electrons. The van der Waals surface area contributed by atoms with Crippen LogP contribution < -0.4 is 5.32 Å². The second-order valence-electron chi connectivity index (χ2n) is 9.24. The molecule has 164 valence electrons. The molecule has 1 aromatic rings. The predicted octanol–water partition coefficient (Wildman–Crippen LogP) is 6.09. The Hall–Kier alpha value is -1.54. The molecule has 1 aliphatic carbocycles. The summed E-state index contributed by atoms with van der Waals surface area (Å²) in [5.74, 6) is -0.119. The molecule has 2 rings (SSSR count). The number of hydrogen-bond acceptors (Lipinski definition) is 3. The number of ether oxygens (including phenoxy) is 1. The van der Waals surface area contributed by atoms with Crippen molar-refractivity contribution in [3.8, 4) is 0 Å². The highest BCUT2D eigenvalue weighted by atomic mass is 28.4. The number of rotatable bonds is 4. The molecule has 1 fully saturated rings. The maximum atomic E-state index is 13.1. The first-order valence-electron chi connectivity index (χ1n) is 9.98. The minimum atomic E-state index is -4.38. The van der Waals surface area contributed by atoms with Crippen LogP contribution in [0.15, 0.2) is 24.3 Å². The van der Waals surface area contributed by atoms with E-state index in [-0.39, 0.29) is 17.1 Å². The minimum absolute atomic E-state index is 0.00243. The third kappa shape index (κ3) is 5.98. The third-order valence-corrected chi connectivity index (χ3v) is 10.6. The van der Waals surface area contributed by atoms with E-state index >= 15 is 0 Å². The first-order chi connectivity index (χ1) is 13.2. The van der Waals surface area contributed by atoms with Crippen molar-refractivity contribution in [2.24, 2.45) is 0 Å². The Labute approximate surface area is 172 Å². The van der Waals surface area contributed by atoms with Gasteiger partial charge in [0.25, 0.3) is 0 Å². The number of alkyl carbamates (subject to hydrolysis) is 1. The zero-order chi connectivity index (χ0) is 22.0. The van der Waals surface area contributed by atoms with Crippen LogP contribution in [0.3, 0.4) is 0 Å². The standard InChI is InChI=1S/C21H32F3NO3Si/c1-20(2,3)29(5,6)28-17-11-10-15(13-18(17)27-19(26)25-4)14-8-7-9-16(12-14)21(22,23)24/h7-9,12,15,17-18H,10-11,13H2,1-6H3,(H,25,26)/t15-,17-,18-/m0/s1. The highest BCUT2D eigenvalue weighted by molar-refractivity contribution is 6.74. The van der Waals surface area contributed by atoms with Crippen molar-refractivity contribution >= 4 is 14.4 Å². The predicted molar refractivity (Wildman–Crippen MR) is 109 cm³/mol. The zero-order valence-corrected chi connectivity index (χ0v) is 19.0. The van der Waals surface area contributed by atoms with Crippen LogP contribution in [0.25, 0.3) is 0 Å². The molecule has 0 heterocycles. The summed E-state index contributed by atoms with van der Waals surface area (Å²) in [6, 6.07) is 5.43. The van der Waals surface area contributed by atoms with Crippen molar-refractivity contribution in [2.45, 2.75) is 82.5 Å². The molecule has 1 saturated carbocycles. The van der Waals surface area contributed by atoms with Crippen LogP contribution >= 0.6 is 0 Å². The van der Waals surface area contributed by atoms with Gasteiger partial charge in [-0.05, 0) is 54.9 Å². The lowest BCUT2D eigenvalue weighted by Crippen LogP contribution is -2.50. The molecule has 0 aromatic heterocycles. The smallest absolute Gasteiger partial charge is 0.416 e. The summed E-state index contributed by atoms with van der Waals surface area (Å²) in [5, 5.41) is 2.46. The Bertz CT molecular complexity index is 716. The molecule has 3 atom stereocenters. The summed E-state index contributed by atoms with van der Waals surface area (Å²) in [6.45, 7) is 10.7. The Morgan fingerprint density at radius 2 is 1.79 bits per heavy atom. The molecule has 0 bridgehead atoms. The monoisotopic (exact) mass is 431 g/mol. The maximum Gasteiger partial charge on any atom is 0.416 e. The van der Waals surface area contributed by atoms with Gasteiger partial charge >= 0.3 is 12.3 Å². The van der Waals surface area contributed by atoms with Gasteiger partial charge in [-0.15, -0.1) is 0 Å². The Kier molecular flexibility index (Phi) is 7.10. The van der Waals surface area contributed by atoms with Crippen LogP contribution in [-0.2, 0) is 15.3 Å². The fourth-order valence-corrected chi connectivity index (χ4v) is 4.76. The van der Waals surface area contributed by atoms with E-state index in [0.29, 0.717) is 24.8 Å². The van der Waals surface area contributed by atoms with Crippen molar-refractivity contribution in [3.05, 3.63) is 35.4 Å². The molecule has 1 aromatic carbocycles. The molecular weight excluding hydrogens is 399 g/mol. The van der Waals surface area contributed by atoms with E-state index in [0.717, 1.165) is 6.07 Å². The number of benzene rings is 1. The van der Waals surface area contributed by atoms with Crippen molar-refractivity contribution in [1.29, 1.82) is 0 Å². The van der Waals surface area contributed by atoms with Gasteiger partial charge in [-0.2, -0.15) is 13.2 Å². The number of hydrogen-bond donors (Lipinski definition) is 1. The molecule has 0 spiro atoms. The van der Waals surface area contributed by atoms with E-state index in [9.17, 15) is 18.0 Å². The van der Waals surface area contributed by atoms with Crippen LogP contribution in [0.2, 0.25) is 18.1 Å². The fraction of sp³-hybridized carbons (Fsp3) is 0.667. The average molecular weight is 432 g/mol. The number of carbonyl (C=O) groups is 1. The molecule has 4 nitrogen and oxygen atoms in total. The highest BCUT2D eigenvalue weighted by Gasteiger charge is 2.43. The SMILES string of the molecule is CNC(=O)O[C@H]1C[C@@H](c2cccc(C(F)(F)F)c2)CC[C@@H]1O[Si](C)(C)C(C)(C)C. The van der Waals surface area contributed by atoms with Crippen LogP contribution in [0.5, 0.6) is 0 Å². The van der Waals surface area contributed by atoms with Gasteiger partial charge in [-0.1, -0.05) is 39.0 Å². The topological polar surface area (TPSA) is 47.6 Å². The molecule has 0 aliphatic heterocycles. The minimum Gasteiger partial charge on any atom is -0.444 e. The van der Waals surface area contributed by atoms with Gasteiger partial charge in [0.05, 0.1) is 11.7 Å². The number of carbonyl (C=O) groups excluding carboxylic acids is 1. The second kappa shape index (κ2) is 8.68. The molecule has 1 aliphatic rings. The van der Waals surface area contributed by atoms with Gasteiger partial charge in [0.1, 0.15) is 6.10 Å². The molecule has 29 heavy (non-hydrogen) atoms. The van der Waals surface area contributed by atoms with E-state index in [4.69, 9.17) is 9.16 Å². The van der Waals surface area contributed by atoms with Crippen molar-refractivity contribution in [2.75, 3.05) is 7.05 Å². The van der Waals surface area contributed by atoms with Gasteiger partial charge in [-0.25, -0.2) is 4.79 Å². The van der Waals surface area contributed by atoms with E-state index in [1.807, 2.05) is 0 Å². The number of nitrogens with one attached hydrogen (secondary N) is 1. The van der Waals surface area contributed by atoms with Crippen LogP contribution in [0.1, 0.15) is 57.1 Å². The van der Waals surface area contributed by atoms with Gasteiger partial charge in [0.2, 0.25) is 0 Å². The zero-order valence-electron chi connectivity index (χ0n) is 18.0. The van der Waals surface area contributed by atoms with Crippen molar-refractivity contribution in [1.82, 2.24) is 5.32 Å². The summed E-state index contributed by atoms with van der Waals surface area (Å²) in [5.41, 5.74) is -0.0328. The number of halogens is 3. The first-order valence-corrected chi connectivity index (χ1v) is 12.9. The first kappa shape index (κ1) is 23.7. The fourth-order valence-electron chi connectivity index (χ4n) is 3.38. The molecular formula is C21H32F3NO3Si. The lowest BCUT2D eigenvalue weighted by molar-refractivity contribution is -0.137. The number of alkyl halides is 3. The van der Waals surface area contributed by atoms with E-state index in [1.54, 1.807) is 6.07 Å². The summed E-state index contributed by atoms with van der Waals surface area (Å²) in [4.78, 5) is 11.9. The Morgan fingerprint density at radius 3 is 2.34 bits per heavy atom. The van der Waals surface area contributed by atoms with Crippen LogP contribution in [0.4, 0.5) is 18.0 Å². The lowest BCUT2D eigenvalue weighted by atomic mass is 9.80. The van der Waals surface area contributed by atoms with Gasteiger partial charge in [0.15, 0.2) is 8.32 Å². The summed E-state index contributed by atoms with van der Waals surface area (Å²) in [7, 11) is -0.606. The normalized spacial score (nSPS) is 23.6. The second-order valence-corrected chi connectivity index (χ2v) is 14.0. The van der Waals surface area contributed by atoms with E-state index in [1.165, 1.54) is 19.2 Å². The van der Waals surface area contributed by atoms with Gasteiger partial charge < -0.3 is 14.5 Å². The lowest BCUT2D eigenvalue weighted by Gasteiger charge is -2.44. The summed E-state index contributed by atoms with van der Waals surface area (Å²) < 4.78 is 51.4. The summed E-state index contributed by atoms with van der Waals surface area (Å²) in [6.07, 6.45) is -3.93.